The number of hydrogen-bond acceptors (Lipinski definition) is 4. The zero-order valence-corrected chi connectivity index (χ0v) is 10.9. The molecule has 0 saturated heterocycles. The molecular weight excluding hydrogens is 230 g/mol. The third kappa shape index (κ3) is 4.71. The first kappa shape index (κ1) is 14.4. The van der Waals surface area contributed by atoms with Crippen molar-refractivity contribution in [3.63, 3.8) is 0 Å². The van der Waals surface area contributed by atoms with Crippen LogP contribution >= 0.6 is 0 Å². The number of nitrogens with zero attached hydrogens (tertiary/aromatic N) is 1. The Balaban J connectivity index is 2.53. The minimum atomic E-state index is -0.167. The van der Waals surface area contributed by atoms with Crippen molar-refractivity contribution in [2.45, 2.75) is 26.7 Å². The molecule has 0 saturated carbocycles. The second-order valence-electron chi connectivity index (χ2n) is 4.85. The van der Waals surface area contributed by atoms with E-state index in [1.54, 1.807) is 6.07 Å². The van der Waals surface area contributed by atoms with Crippen molar-refractivity contribution in [1.29, 1.82) is 0 Å². The summed E-state index contributed by atoms with van der Waals surface area (Å²) in [5, 5.41) is 12.1. The molecule has 0 aromatic carbocycles. The normalized spacial score (nSPS) is 12.4. The van der Waals surface area contributed by atoms with Gasteiger partial charge in [-0.1, -0.05) is 13.8 Å². The summed E-state index contributed by atoms with van der Waals surface area (Å²) in [7, 11) is 0. The maximum Gasteiger partial charge on any atom is 0.225 e. The molecule has 0 spiro atoms. The van der Waals surface area contributed by atoms with E-state index in [1.165, 1.54) is 12.3 Å². The van der Waals surface area contributed by atoms with E-state index in [1.807, 2.05) is 0 Å². The minimum absolute atomic E-state index is 0.0287. The Hall–Kier alpha value is -1.62. The molecule has 1 aromatic rings. The van der Waals surface area contributed by atoms with E-state index in [9.17, 15) is 9.90 Å². The highest BCUT2D eigenvalue weighted by atomic mass is 16.3. The van der Waals surface area contributed by atoms with Crippen molar-refractivity contribution in [2.75, 3.05) is 11.9 Å². The van der Waals surface area contributed by atoms with Gasteiger partial charge in [-0.25, -0.2) is 4.98 Å². The van der Waals surface area contributed by atoms with Crippen LogP contribution in [-0.2, 0) is 4.79 Å². The number of aromatic hydroxyl groups is 1. The lowest BCUT2D eigenvalue weighted by Crippen LogP contribution is -2.23. The number of amides is 1. The summed E-state index contributed by atoms with van der Waals surface area (Å²) in [6.45, 7) is 4.69. The largest absolute Gasteiger partial charge is 0.504 e. The predicted octanol–water partition coefficient (Wildman–Crippen LogP) is 1.74. The van der Waals surface area contributed by atoms with Crippen LogP contribution in [0.2, 0.25) is 0 Å². The van der Waals surface area contributed by atoms with Crippen LogP contribution in [0.4, 0.5) is 5.82 Å². The minimum Gasteiger partial charge on any atom is -0.504 e. The first-order valence-electron chi connectivity index (χ1n) is 6.16. The molecule has 1 heterocycles. The van der Waals surface area contributed by atoms with E-state index in [0.29, 0.717) is 18.9 Å². The number of hydrogen-bond donors (Lipinski definition) is 3. The first-order valence-corrected chi connectivity index (χ1v) is 6.16. The third-order valence-electron chi connectivity index (χ3n) is 2.66. The summed E-state index contributed by atoms with van der Waals surface area (Å²) in [5.74, 6) is 0.674. The molecule has 0 unspecified atom stereocenters. The molecule has 0 aliphatic heterocycles. The Morgan fingerprint density at radius 2 is 2.28 bits per heavy atom. The van der Waals surface area contributed by atoms with Gasteiger partial charge in [0, 0.05) is 12.6 Å². The molecule has 1 amide bonds. The van der Waals surface area contributed by atoms with Gasteiger partial charge in [-0.3, -0.25) is 4.79 Å². The predicted molar refractivity (Wildman–Crippen MR) is 71.1 cm³/mol. The maximum absolute atomic E-state index is 11.8. The summed E-state index contributed by atoms with van der Waals surface area (Å²) in [6, 6.07) is 3.09. The molecule has 0 bridgehead atoms. The van der Waals surface area contributed by atoms with Crippen LogP contribution in [0.3, 0.4) is 0 Å². The zero-order valence-electron chi connectivity index (χ0n) is 10.9. The fourth-order valence-electron chi connectivity index (χ4n) is 1.87. The van der Waals surface area contributed by atoms with Crippen molar-refractivity contribution < 1.29 is 9.90 Å². The summed E-state index contributed by atoms with van der Waals surface area (Å²) < 4.78 is 0. The fraction of sp³-hybridized carbons (Fsp3) is 0.538. The highest BCUT2D eigenvalue weighted by Crippen LogP contribution is 2.20. The van der Waals surface area contributed by atoms with E-state index in [2.05, 4.69) is 24.1 Å². The molecule has 0 aliphatic rings. The summed E-state index contributed by atoms with van der Waals surface area (Å²) in [5.41, 5.74) is 5.65. The molecule has 0 aliphatic carbocycles. The van der Waals surface area contributed by atoms with Crippen molar-refractivity contribution in [3.8, 4) is 5.75 Å². The van der Waals surface area contributed by atoms with E-state index < -0.39 is 0 Å². The molecule has 1 rings (SSSR count). The van der Waals surface area contributed by atoms with Crippen LogP contribution < -0.4 is 11.1 Å². The second-order valence-corrected chi connectivity index (χ2v) is 4.85. The number of anilines is 1. The van der Waals surface area contributed by atoms with Crippen molar-refractivity contribution in [1.82, 2.24) is 4.98 Å². The number of nitrogens with one attached hydrogen (secondary N) is 1. The van der Waals surface area contributed by atoms with Gasteiger partial charge in [-0.05, 0) is 36.9 Å². The zero-order chi connectivity index (χ0) is 13.5. The second kappa shape index (κ2) is 6.96. The maximum atomic E-state index is 11.8. The smallest absolute Gasteiger partial charge is 0.225 e. The number of carbonyl (C=O) groups excluding carboxylic acids is 1. The van der Waals surface area contributed by atoms with Crippen LogP contribution in [-0.4, -0.2) is 22.5 Å². The molecule has 5 heteroatoms. The van der Waals surface area contributed by atoms with Gasteiger partial charge in [-0.2, -0.15) is 0 Å². The fourth-order valence-corrected chi connectivity index (χ4v) is 1.87. The first-order chi connectivity index (χ1) is 8.52. The number of nitrogens with two attached hydrogens (primary N) is 1. The lowest BCUT2D eigenvalue weighted by Gasteiger charge is -2.16. The SMILES string of the molecule is CC(C)C[C@H](CN)CC(=O)Nc1ncccc1O. The molecule has 4 N–H and O–H groups in total. The van der Waals surface area contributed by atoms with Gasteiger partial charge in [0.25, 0.3) is 0 Å². The average molecular weight is 251 g/mol. The molecule has 5 nitrogen and oxygen atoms in total. The number of carbonyl (C=O) groups is 1. The van der Waals surface area contributed by atoms with Crippen LogP contribution in [0.1, 0.15) is 26.7 Å². The number of rotatable bonds is 6. The monoisotopic (exact) mass is 251 g/mol. The van der Waals surface area contributed by atoms with E-state index in [0.717, 1.165) is 6.42 Å². The Morgan fingerprint density at radius 3 is 2.83 bits per heavy atom. The highest BCUT2D eigenvalue weighted by molar-refractivity contribution is 5.91. The molecule has 1 aromatic heterocycles. The third-order valence-corrected chi connectivity index (χ3v) is 2.66. The van der Waals surface area contributed by atoms with Gasteiger partial charge in [0.2, 0.25) is 5.91 Å². The van der Waals surface area contributed by atoms with Crippen molar-refractivity contribution in [2.24, 2.45) is 17.6 Å². The van der Waals surface area contributed by atoms with Gasteiger partial charge >= 0.3 is 0 Å². The van der Waals surface area contributed by atoms with Crippen LogP contribution in [0.15, 0.2) is 18.3 Å². The molecule has 1 atom stereocenters. The highest BCUT2D eigenvalue weighted by Gasteiger charge is 2.15. The van der Waals surface area contributed by atoms with Gasteiger partial charge < -0.3 is 16.2 Å². The van der Waals surface area contributed by atoms with Gasteiger partial charge in [0.15, 0.2) is 11.6 Å². The Labute approximate surface area is 107 Å². The molecule has 0 radical (unpaired) electrons. The molecule has 18 heavy (non-hydrogen) atoms. The van der Waals surface area contributed by atoms with Gasteiger partial charge in [0.1, 0.15) is 0 Å². The summed E-state index contributed by atoms with van der Waals surface area (Å²) >= 11 is 0. The summed E-state index contributed by atoms with van der Waals surface area (Å²) in [4.78, 5) is 15.7. The topological polar surface area (TPSA) is 88.2 Å². The van der Waals surface area contributed by atoms with Gasteiger partial charge in [0.05, 0.1) is 0 Å². The summed E-state index contributed by atoms with van der Waals surface area (Å²) in [6.07, 6.45) is 2.78. The van der Waals surface area contributed by atoms with Crippen LogP contribution in [0.25, 0.3) is 0 Å². The van der Waals surface area contributed by atoms with Crippen LogP contribution in [0, 0.1) is 11.8 Å². The quantitative estimate of drug-likeness (QED) is 0.718. The van der Waals surface area contributed by atoms with Crippen LogP contribution in [0.5, 0.6) is 5.75 Å². The van der Waals surface area contributed by atoms with E-state index >= 15 is 0 Å². The van der Waals surface area contributed by atoms with E-state index in [4.69, 9.17) is 5.73 Å². The molecular formula is C13H21N3O2. The standard InChI is InChI=1S/C13H21N3O2/c1-9(2)6-10(8-14)7-12(18)16-13-11(17)4-3-5-15-13/h3-5,9-10,17H,6-8,14H2,1-2H3,(H,15,16,18)/t10-/m0/s1. The Morgan fingerprint density at radius 1 is 1.56 bits per heavy atom. The van der Waals surface area contributed by atoms with Crippen molar-refractivity contribution in [3.05, 3.63) is 18.3 Å². The number of pyridine rings is 1. The lowest BCUT2D eigenvalue weighted by atomic mass is 9.94. The van der Waals surface area contributed by atoms with Gasteiger partial charge in [-0.15, -0.1) is 0 Å². The number of aromatic nitrogens is 1. The average Bonchev–Trinajstić information content (AvgIpc) is 2.30. The lowest BCUT2D eigenvalue weighted by molar-refractivity contribution is -0.117. The van der Waals surface area contributed by atoms with Crippen molar-refractivity contribution >= 4 is 11.7 Å². The Bertz CT molecular complexity index is 394. The Kier molecular flexibility index (Phi) is 5.58. The molecule has 100 valence electrons. The van der Waals surface area contributed by atoms with E-state index in [-0.39, 0.29) is 23.4 Å². The molecule has 0 fully saturated rings.